The Kier molecular flexibility index (Phi) is 3.32. The normalized spacial score (nSPS) is 25.7. The Hall–Kier alpha value is -1.31. The van der Waals surface area contributed by atoms with E-state index in [2.05, 4.69) is 20.9 Å². The molecular formula is C15H17N3O2S2. The monoisotopic (exact) mass is 335 g/mol. The van der Waals surface area contributed by atoms with Crippen molar-refractivity contribution in [3.63, 3.8) is 0 Å². The number of allylic oxidation sites excluding steroid dienone is 2. The minimum atomic E-state index is -3.51. The van der Waals surface area contributed by atoms with Gasteiger partial charge in [0.2, 0.25) is 10.0 Å². The first-order valence-corrected chi connectivity index (χ1v) is 9.61. The molecule has 1 aliphatic carbocycles. The van der Waals surface area contributed by atoms with Crippen molar-refractivity contribution in [3.8, 4) is 0 Å². The van der Waals surface area contributed by atoms with Gasteiger partial charge >= 0.3 is 0 Å². The molecule has 0 unspecified atom stereocenters. The average Bonchev–Trinajstić information content (AvgIpc) is 3.12. The molecular weight excluding hydrogens is 318 g/mol. The van der Waals surface area contributed by atoms with E-state index in [0.29, 0.717) is 40.9 Å². The van der Waals surface area contributed by atoms with Crippen LogP contribution in [-0.4, -0.2) is 34.6 Å². The Morgan fingerprint density at radius 1 is 1.14 bits per heavy atom. The van der Waals surface area contributed by atoms with E-state index in [1.165, 1.54) is 0 Å². The van der Waals surface area contributed by atoms with Crippen LogP contribution in [0.5, 0.6) is 0 Å². The first-order valence-electron chi connectivity index (χ1n) is 7.44. The van der Waals surface area contributed by atoms with Crippen molar-refractivity contribution in [1.82, 2.24) is 13.1 Å². The van der Waals surface area contributed by atoms with Gasteiger partial charge in [0.1, 0.15) is 15.9 Å². The van der Waals surface area contributed by atoms with Crippen molar-refractivity contribution in [3.05, 3.63) is 29.8 Å². The summed E-state index contributed by atoms with van der Waals surface area (Å²) in [7, 11) is -3.51. The number of hydrogen-bond acceptors (Lipinski definition) is 5. The zero-order chi connectivity index (χ0) is 15.3. The lowest BCUT2D eigenvalue weighted by atomic mass is 9.86. The predicted octanol–water partition coefficient (Wildman–Crippen LogP) is 2.59. The Morgan fingerprint density at radius 3 is 2.50 bits per heavy atom. The van der Waals surface area contributed by atoms with Crippen LogP contribution >= 0.6 is 11.7 Å². The number of sulfonamides is 1. The van der Waals surface area contributed by atoms with Gasteiger partial charge in [0.15, 0.2) is 0 Å². The van der Waals surface area contributed by atoms with Crippen LogP contribution in [0, 0.1) is 18.8 Å². The third kappa shape index (κ3) is 2.11. The number of hydrogen-bond donors (Lipinski definition) is 0. The minimum Gasteiger partial charge on any atom is -0.207 e. The maximum absolute atomic E-state index is 13.2. The van der Waals surface area contributed by atoms with Crippen molar-refractivity contribution >= 4 is 32.8 Å². The molecule has 0 saturated carbocycles. The van der Waals surface area contributed by atoms with Gasteiger partial charge in [-0.05, 0) is 43.2 Å². The molecule has 2 heterocycles. The second kappa shape index (κ2) is 5.11. The molecule has 2 aromatic rings. The maximum Gasteiger partial charge on any atom is 0.245 e. The van der Waals surface area contributed by atoms with Crippen molar-refractivity contribution in [2.45, 2.75) is 24.7 Å². The van der Waals surface area contributed by atoms with Crippen molar-refractivity contribution in [2.75, 3.05) is 13.1 Å². The van der Waals surface area contributed by atoms with Gasteiger partial charge in [-0.25, -0.2) is 8.42 Å². The largest absolute Gasteiger partial charge is 0.245 e. The molecule has 4 rings (SSSR count). The van der Waals surface area contributed by atoms with Gasteiger partial charge in [-0.2, -0.15) is 13.1 Å². The van der Waals surface area contributed by atoms with E-state index in [1.807, 2.05) is 19.1 Å². The number of rotatable bonds is 2. The lowest BCUT2D eigenvalue weighted by molar-refractivity contribution is 0.411. The Labute approximate surface area is 134 Å². The zero-order valence-corrected chi connectivity index (χ0v) is 13.9. The van der Waals surface area contributed by atoms with Crippen LogP contribution in [0.4, 0.5) is 0 Å². The summed E-state index contributed by atoms with van der Waals surface area (Å²) in [5, 5.41) is 0. The molecule has 5 nitrogen and oxygen atoms in total. The minimum absolute atomic E-state index is 0.338. The van der Waals surface area contributed by atoms with Crippen molar-refractivity contribution in [2.24, 2.45) is 11.8 Å². The molecule has 1 aliphatic heterocycles. The van der Waals surface area contributed by atoms with Gasteiger partial charge < -0.3 is 0 Å². The lowest BCUT2D eigenvalue weighted by Crippen LogP contribution is -2.30. The number of aromatic nitrogens is 2. The lowest BCUT2D eigenvalue weighted by Gasteiger charge is -2.18. The van der Waals surface area contributed by atoms with Crippen LogP contribution in [0.15, 0.2) is 29.2 Å². The molecule has 0 spiro atoms. The highest BCUT2D eigenvalue weighted by atomic mass is 32.2. The summed E-state index contributed by atoms with van der Waals surface area (Å²) >= 11 is 1.06. The van der Waals surface area contributed by atoms with Gasteiger partial charge in [-0.3, -0.25) is 0 Å². The summed E-state index contributed by atoms with van der Waals surface area (Å²) in [4.78, 5) is 0.338. The van der Waals surface area contributed by atoms with E-state index in [4.69, 9.17) is 0 Å². The highest BCUT2D eigenvalue weighted by Crippen LogP contribution is 2.37. The van der Waals surface area contributed by atoms with Crippen LogP contribution in [0.2, 0.25) is 0 Å². The third-order valence-electron chi connectivity index (χ3n) is 4.76. The summed E-state index contributed by atoms with van der Waals surface area (Å²) in [5.41, 5.74) is 1.92. The highest BCUT2D eigenvalue weighted by Gasteiger charge is 2.40. The quantitative estimate of drug-likeness (QED) is 0.791. The summed E-state index contributed by atoms with van der Waals surface area (Å²) in [6.45, 7) is 3.06. The standard InChI is InChI=1S/C15H17N3O2S2/c1-10-6-7-13-14(17-21-16-13)15(10)22(19,20)18-8-11-4-2-3-5-12(11)9-18/h2-3,6-7,11-12H,4-5,8-9H2,1H3/t11-,12+. The summed E-state index contributed by atoms with van der Waals surface area (Å²) in [6.07, 6.45) is 6.32. The maximum atomic E-state index is 13.2. The van der Waals surface area contributed by atoms with Crippen LogP contribution in [0.1, 0.15) is 18.4 Å². The fraction of sp³-hybridized carbons (Fsp3) is 0.467. The van der Waals surface area contributed by atoms with Crippen LogP contribution < -0.4 is 0 Å². The molecule has 1 fully saturated rings. The van der Waals surface area contributed by atoms with E-state index in [-0.39, 0.29) is 0 Å². The van der Waals surface area contributed by atoms with Gasteiger partial charge in [0.25, 0.3) is 0 Å². The summed E-state index contributed by atoms with van der Waals surface area (Å²) in [6, 6.07) is 3.65. The molecule has 0 bridgehead atoms. The number of benzene rings is 1. The first-order chi connectivity index (χ1) is 10.6. The Balaban J connectivity index is 1.77. The van der Waals surface area contributed by atoms with Crippen molar-refractivity contribution < 1.29 is 8.42 Å². The van der Waals surface area contributed by atoms with E-state index < -0.39 is 10.0 Å². The first kappa shape index (κ1) is 14.3. The Bertz CT molecular complexity index is 841. The van der Waals surface area contributed by atoms with E-state index in [1.54, 1.807) is 4.31 Å². The third-order valence-corrected chi connectivity index (χ3v) is 7.32. The van der Waals surface area contributed by atoms with E-state index in [0.717, 1.165) is 30.1 Å². The average molecular weight is 335 g/mol. The van der Waals surface area contributed by atoms with Gasteiger partial charge in [-0.15, -0.1) is 0 Å². The van der Waals surface area contributed by atoms with Crippen molar-refractivity contribution in [1.29, 1.82) is 0 Å². The van der Waals surface area contributed by atoms with Gasteiger partial charge in [-0.1, -0.05) is 18.2 Å². The molecule has 0 N–H and O–H groups in total. The van der Waals surface area contributed by atoms with Gasteiger partial charge in [0.05, 0.1) is 11.7 Å². The SMILES string of the molecule is Cc1ccc2nsnc2c1S(=O)(=O)N1C[C@H]2CC=CC[C@H]2C1. The van der Waals surface area contributed by atoms with E-state index >= 15 is 0 Å². The molecule has 0 amide bonds. The second-order valence-corrected chi connectivity index (χ2v) is 8.53. The van der Waals surface area contributed by atoms with Gasteiger partial charge in [0, 0.05) is 13.1 Å². The zero-order valence-electron chi connectivity index (χ0n) is 12.3. The summed E-state index contributed by atoms with van der Waals surface area (Å²) < 4.78 is 36.3. The molecule has 7 heteroatoms. The molecule has 22 heavy (non-hydrogen) atoms. The van der Waals surface area contributed by atoms with Crippen LogP contribution in [0.25, 0.3) is 11.0 Å². The van der Waals surface area contributed by atoms with Crippen LogP contribution in [0.3, 0.4) is 0 Å². The summed E-state index contributed by atoms with van der Waals surface area (Å²) in [5.74, 6) is 0.903. The molecule has 2 atom stereocenters. The molecule has 1 aromatic heterocycles. The molecule has 1 aromatic carbocycles. The van der Waals surface area contributed by atoms with Crippen LogP contribution in [-0.2, 0) is 10.0 Å². The molecule has 1 saturated heterocycles. The topological polar surface area (TPSA) is 63.2 Å². The predicted molar refractivity (Wildman–Crippen MR) is 86.3 cm³/mol. The fourth-order valence-corrected chi connectivity index (χ4v) is 6.06. The molecule has 2 aliphatic rings. The number of aryl methyl sites for hydroxylation is 1. The molecule has 0 radical (unpaired) electrons. The van der Waals surface area contributed by atoms with E-state index in [9.17, 15) is 8.42 Å². The molecule has 116 valence electrons. The second-order valence-electron chi connectivity index (χ2n) is 6.13. The number of nitrogens with zero attached hydrogens (tertiary/aromatic N) is 3. The number of fused-ring (bicyclic) bond motifs is 2. The Morgan fingerprint density at radius 2 is 1.82 bits per heavy atom. The highest BCUT2D eigenvalue weighted by molar-refractivity contribution is 7.89. The fourth-order valence-electron chi connectivity index (χ4n) is 3.55. The smallest absolute Gasteiger partial charge is 0.207 e.